The second-order valence-corrected chi connectivity index (χ2v) is 4.56. The number of amides is 2. The second kappa shape index (κ2) is 8.74. The molecule has 0 aliphatic heterocycles. The highest BCUT2D eigenvalue weighted by molar-refractivity contribution is 5.82. The van der Waals surface area contributed by atoms with E-state index < -0.39 is 12.0 Å². The summed E-state index contributed by atoms with van der Waals surface area (Å²) in [6.07, 6.45) is 1.67. The highest BCUT2D eigenvalue weighted by Crippen LogP contribution is 2.12. The largest absolute Gasteiger partial charge is 0.480 e. The maximum atomic E-state index is 12.4. The van der Waals surface area contributed by atoms with Crippen molar-refractivity contribution in [2.75, 3.05) is 27.3 Å². The van der Waals surface area contributed by atoms with Gasteiger partial charge in [0.1, 0.15) is 6.04 Å². The summed E-state index contributed by atoms with van der Waals surface area (Å²) in [7, 11) is 3.10. The third kappa shape index (κ3) is 5.06. The number of urea groups is 1. The number of hydrogen-bond acceptors (Lipinski definition) is 3. The summed E-state index contributed by atoms with van der Waals surface area (Å²) in [6, 6.07) is -1.00. The number of hydrogen-bond donors (Lipinski definition) is 1. The van der Waals surface area contributed by atoms with E-state index in [-0.39, 0.29) is 12.1 Å². The molecule has 1 N–H and O–H groups in total. The molecule has 0 aromatic rings. The first kappa shape index (κ1) is 17.7. The first-order chi connectivity index (χ1) is 8.90. The van der Waals surface area contributed by atoms with Crippen LogP contribution in [0.2, 0.25) is 0 Å². The van der Waals surface area contributed by atoms with Gasteiger partial charge in [0.15, 0.2) is 0 Å². The highest BCUT2D eigenvalue weighted by Gasteiger charge is 2.28. The zero-order chi connectivity index (χ0) is 15.0. The molecule has 2 amide bonds. The Hall–Kier alpha value is -1.30. The number of carboxylic acid groups (broad SMARTS) is 1. The molecular formula is C13H26N2O4. The summed E-state index contributed by atoms with van der Waals surface area (Å²) < 4.78 is 5.02. The maximum Gasteiger partial charge on any atom is 0.326 e. The Balaban J connectivity index is 4.92. The normalized spacial score (nSPS) is 12.3. The van der Waals surface area contributed by atoms with Gasteiger partial charge in [0.2, 0.25) is 0 Å². The van der Waals surface area contributed by atoms with Crippen LogP contribution in [-0.4, -0.2) is 66.3 Å². The molecule has 0 bridgehead atoms. The number of rotatable bonds is 8. The molecule has 19 heavy (non-hydrogen) atoms. The van der Waals surface area contributed by atoms with E-state index in [0.29, 0.717) is 13.2 Å². The van der Waals surface area contributed by atoms with E-state index in [2.05, 4.69) is 0 Å². The predicted molar refractivity (Wildman–Crippen MR) is 73.2 cm³/mol. The summed E-state index contributed by atoms with van der Waals surface area (Å²) in [6.45, 7) is 6.45. The van der Waals surface area contributed by atoms with Gasteiger partial charge in [0.05, 0.1) is 6.61 Å². The van der Waals surface area contributed by atoms with Crippen LogP contribution < -0.4 is 0 Å². The van der Waals surface area contributed by atoms with Gasteiger partial charge in [-0.1, -0.05) is 13.8 Å². The monoisotopic (exact) mass is 274 g/mol. The molecule has 0 aliphatic carbocycles. The molecule has 0 radical (unpaired) electrons. The predicted octanol–water partition coefficient (Wildman–Crippen LogP) is 1.65. The van der Waals surface area contributed by atoms with Crippen LogP contribution in [0.4, 0.5) is 4.79 Å². The van der Waals surface area contributed by atoms with Gasteiger partial charge >= 0.3 is 12.0 Å². The molecule has 0 saturated carbocycles. The molecule has 0 saturated heterocycles. The van der Waals surface area contributed by atoms with Gasteiger partial charge in [-0.25, -0.2) is 9.59 Å². The summed E-state index contributed by atoms with van der Waals surface area (Å²) in [5.41, 5.74) is 0. The quantitative estimate of drug-likeness (QED) is 0.730. The van der Waals surface area contributed by atoms with Gasteiger partial charge in [0, 0.05) is 26.7 Å². The minimum absolute atomic E-state index is 0.103. The fraction of sp³-hybridized carbons (Fsp3) is 0.846. The van der Waals surface area contributed by atoms with E-state index in [1.807, 2.05) is 13.8 Å². The third-order valence-corrected chi connectivity index (χ3v) is 3.41. The van der Waals surface area contributed by atoms with Crippen molar-refractivity contribution < 1.29 is 19.4 Å². The number of carbonyl (C=O) groups is 2. The van der Waals surface area contributed by atoms with Crippen molar-refractivity contribution in [3.63, 3.8) is 0 Å². The van der Waals surface area contributed by atoms with Gasteiger partial charge in [0.25, 0.3) is 0 Å². The molecule has 6 heteroatoms. The highest BCUT2D eigenvalue weighted by atomic mass is 16.5. The van der Waals surface area contributed by atoms with Crippen LogP contribution in [0.1, 0.15) is 33.6 Å². The lowest BCUT2D eigenvalue weighted by Gasteiger charge is -2.35. The Morgan fingerprint density at radius 3 is 2.16 bits per heavy atom. The molecule has 0 spiro atoms. The zero-order valence-corrected chi connectivity index (χ0v) is 12.5. The Morgan fingerprint density at radius 1 is 1.26 bits per heavy atom. The Labute approximate surface area is 115 Å². The average molecular weight is 274 g/mol. The van der Waals surface area contributed by atoms with Crippen LogP contribution in [0, 0.1) is 0 Å². The number of aliphatic carboxylic acids is 1. The fourth-order valence-electron chi connectivity index (χ4n) is 1.89. The fourth-order valence-corrected chi connectivity index (χ4v) is 1.89. The van der Waals surface area contributed by atoms with Crippen molar-refractivity contribution >= 4 is 12.0 Å². The smallest absolute Gasteiger partial charge is 0.326 e. The van der Waals surface area contributed by atoms with E-state index in [1.54, 1.807) is 12.0 Å². The van der Waals surface area contributed by atoms with Crippen LogP contribution in [0.15, 0.2) is 0 Å². The van der Waals surface area contributed by atoms with Crippen molar-refractivity contribution in [3.05, 3.63) is 0 Å². The van der Waals surface area contributed by atoms with Crippen molar-refractivity contribution in [3.8, 4) is 0 Å². The van der Waals surface area contributed by atoms with Crippen LogP contribution >= 0.6 is 0 Å². The molecule has 0 rings (SSSR count). The van der Waals surface area contributed by atoms with Crippen molar-refractivity contribution in [1.82, 2.24) is 9.80 Å². The van der Waals surface area contributed by atoms with Gasteiger partial charge in [-0.15, -0.1) is 0 Å². The molecule has 0 aromatic carbocycles. The molecule has 1 unspecified atom stereocenters. The number of likely N-dealkylation sites (N-methyl/N-ethyl adjacent to an activating group) is 1. The molecule has 0 fully saturated rings. The maximum absolute atomic E-state index is 12.4. The van der Waals surface area contributed by atoms with Crippen LogP contribution in [0.5, 0.6) is 0 Å². The summed E-state index contributed by atoms with van der Waals surface area (Å²) in [4.78, 5) is 26.3. The van der Waals surface area contributed by atoms with Crippen molar-refractivity contribution in [1.29, 1.82) is 0 Å². The molecule has 0 heterocycles. The third-order valence-electron chi connectivity index (χ3n) is 3.41. The van der Waals surface area contributed by atoms with E-state index in [1.165, 1.54) is 18.9 Å². The lowest BCUT2D eigenvalue weighted by atomic mass is 10.1. The number of methoxy groups -OCH3 is 1. The number of ether oxygens (including phenoxy) is 1. The standard InChI is InChI=1S/C13H26N2O4/c1-6-11(7-2)15(8-9-19-5)13(18)14(4)10(3)12(16)17/h10-11H,6-9H2,1-5H3,(H,16,17). The van der Waals surface area contributed by atoms with E-state index in [9.17, 15) is 9.59 Å². The second-order valence-electron chi connectivity index (χ2n) is 4.56. The number of nitrogens with zero attached hydrogens (tertiary/aromatic N) is 2. The van der Waals surface area contributed by atoms with Crippen LogP contribution in [0.3, 0.4) is 0 Å². The lowest BCUT2D eigenvalue weighted by molar-refractivity contribution is -0.141. The summed E-state index contributed by atoms with van der Waals surface area (Å²) >= 11 is 0. The van der Waals surface area contributed by atoms with E-state index >= 15 is 0 Å². The lowest BCUT2D eigenvalue weighted by Crippen LogP contribution is -2.52. The van der Waals surface area contributed by atoms with Crippen LogP contribution in [0.25, 0.3) is 0 Å². The Bertz CT molecular complexity index is 292. The summed E-state index contributed by atoms with van der Waals surface area (Å²) in [5.74, 6) is -1.01. The zero-order valence-electron chi connectivity index (χ0n) is 12.5. The van der Waals surface area contributed by atoms with Crippen molar-refractivity contribution in [2.45, 2.75) is 45.7 Å². The van der Waals surface area contributed by atoms with Crippen LogP contribution in [-0.2, 0) is 9.53 Å². The molecule has 112 valence electrons. The van der Waals surface area contributed by atoms with E-state index in [4.69, 9.17) is 9.84 Å². The first-order valence-electron chi connectivity index (χ1n) is 6.65. The Morgan fingerprint density at radius 2 is 1.79 bits per heavy atom. The topological polar surface area (TPSA) is 70.1 Å². The number of carbonyl (C=O) groups excluding carboxylic acids is 1. The van der Waals surface area contributed by atoms with Crippen molar-refractivity contribution in [2.24, 2.45) is 0 Å². The molecular weight excluding hydrogens is 248 g/mol. The molecule has 0 aromatic heterocycles. The SMILES string of the molecule is CCC(CC)N(CCOC)C(=O)N(C)C(C)C(=O)O. The first-order valence-corrected chi connectivity index (χ1v) is 6.65. The van der Waals surface area contributed by atoms with Gasteiger partial charge < -0.3 is 19.6 Å². The molecule has 0 aliphatic rings. The molecule has 1 atom stereocenters. The van der Waals surface area contributed by atoms with Gasteiger partial charge in [-0.2, -0.15) is 0 Å². The minimum Gasteiger partial charge on any atom is -0.480 e. The number of carboxylic acids is 1. The average Bonchev–Trinajstić information content (AvgIpc) is 2.40. The van der Waals surface area contributed by atoms with E-state index in [0.717, 1.165) is 12.8 Å². The summed E-state index contributed by atoms with van der Waals surface area (Å²) in [5, 5.41) is 8.98. The Kier molecular flexibility index (Phi) is 8.14. The minimum atomic E-state index is -1.01. The van der Waals surface area contributed by atoms with Gasteiger partial charge in [-0.05, 0) is 19.8 Å². The van der Waals surface area contributed by atoms with Gasteiger partial charge in [-0.3, -0.25) is 0 Å². The molecule has 6 nitrogen and oxygen atoms in total.